The third-order valence-electron chi connectivity index (χ3n) is 5.23. The summed E-state index contributed by atoms with van der Waals surface area (Å²) in [5.74, 6) is 0. The molecule has 0 aliphatic carbocycles. The Kier molecular flexibility index (Phi) is 4.67. The van der Waals surface area contributed by atoms with Crippen LogP contribution in [0.1, 0.15) is 28.7 Å². The molecule has 26 heavy (non-hydrogen) atoms. The Labute approximate surface area is 162 Å². The van der Waals surface area contributed by atoms with Crippen molar-refractivity contribution in [3.8, 4) is 0 Å². The van der Waals surface area contributed by atoms with Crippen LogP contribution in [0.4, 0.5) is 5.13 Å². The minimum atomic E-state index is 0.352. The van der Waals surface area contributed by atoms with Gasteiger partial charge in [-0.15, -0.1) is 11.3 Å². The van der Waals surface area contributed by atoms with E-state index in [0.29, 0.717) is 6.10 Å². The van der Waals surface area contributed by atoms with E-state index in [1.54, 1.807) is 0 Å². The first-order valence-electron chi connectivity index (χ1n) is 9.38. The lowest BCUT2D eigenvalue weighted by Crippen LogP contribution is -2.45. The molecular formula is C20H23N3OS2. The minimum Gasteiger partial charge on any atom is -0.373 e. The van der Waals surface area contributed by atoms with E-state index in [1.807, 2.05) is 22.7 Å². The number of thiazole rings is 1. The van der Waals surface area contributed by atoms with E-state index in [9.17, 15) is 0 Å². The van der Waals surface area contributed by atoms with Gasteiger partial charge in [0.2, 0.25) is 0 Å². The van der Waals surface area contributed by atoms with Gasteiger partial charge in [-0.2, -0.15) is 0 Å². The van der Waals surface area contributed by atoms with Gasteiger partial charge in [-0.3, -0.25) is 4.90 Å². The molecule has 0 spiro atoms. The van der Waals surface area contributed by atoms with Gasteiger partial charge in [-0.25, -0.2) is 4.98 Å². The predicted molar refractivity (Wildman–Crippen MR) is 109 cm³/mol. The summed E-state index contributed by atoms with van der Waals surface area (Å²) in [6, 6.07) is 13.0. The number of piperazine rings is 1. The molecule has 0 amide bonds. The van der Waals surface area contributed by atoms with E-state index in [4.69, 9.17) is 9.72 Å². The summed E-state index contributed by atoms with van der Waals surface area (Å²) < 4.78 is 7.10. The summed E-state index contributed by atoms with van der Waals surface area (Å²) in [7, 11) is 0. The fourth-order valence-corrected chi connectivity index (χ4v) is 5.92. The number of aromatic nitrogens is 1. The zero-order valence-corrected chi connectivity index (χ0v) is 16.4. The molecule has 136 valence electrons. The highest BCUT2D eigenvalue weighted by molar-refractivity contribution is 7.22. The second-order valence-corrected chi connectivity index (χ2v) is 9.24. The Morgan fingerprint density at radius 2 is 1.92 bits per heavy atom. The number of thiophene rings is 1. The Balaban J connectivity index is 1.19. The van der Waals surface area contributed by atoms with Crippen molar-refractivity contribution in [1.82, 2.24) is 9.88 Å². The van der Waals surface area contributed by atoms with Crippen LogP contribution in [-0.4, -0.2) is 42.7 Å². The molecule has 0 bridgehead atoms. The number of hydrogen-bond acceptors (Lipinski definition) is 6. The molecule has 2 aliphatic rings. The molecule has 2 aliphatic heterocycles. The van der Waals surface area contributed by atoms with Crippen molar-refractivity contribution in [2.24, 2.45) is 0 Å². The lowest BCUT2D eigenvalue weighted by molar-refractivity contribution is 0.114. The molecule has 4 nitrogen and oxygen atoms in total. The first-order chi connectivity index (χ1) is 12.8. The van der Waals surface area contributed by atoms with Crippen molar-refractivity contribution < 1.29 is 4.74 Å². The molecule has 1 unspecified atom stereocenters. The summed E-state index contributed by atoms with van der Waals surface area (Å²) in [4.78, 5) is 12.7. The van der Waals surface area contributed by atoms with Crippen LogP contribution in [0.2, 0.25) is 0 Å². The van der Waals surface area contributed by atoms with Gasteiger partial charge in [0.15, 0.2) is 5.13 Å². The van der Waals surface area contributed by atoms with Crippen LogP contribution in [0.25, 0.3) is 10.2 Å². The van der Waals surface area contributed by atoms with Crippen LogP contribution in [-0.2, 0) is 11.3 Å². The van der Waals surface area contributed by atoms with Gasteiger partial charge in [0.25, 0.3) is 0 Å². The normalized spacial score (nSPS) is 21.7. The van der Waals surface area contributed by atoms with Gasteiger partial charge in [0.05, 0.1) is 16.3 Å². The molecule has 0 N–H and O–H groups in total. The third kappa shape index (κ3) is 3.39. The molecule has 3 aromatic rings. The molecule has 1 aromatic carbocycles. The van der Waals surface area contributed by atoms with E-state index in [0.717, 1.165) is 44.8 Å². The highest BCUT2D eigenvalue weighted by Crippen LogP contribution is 2.34. The van der Waals surface area contributed by atoms with Gasteiger partial charge in [0.1, 0.15) is 0 Å². The van der Waals surface area contributed by atoms with Gasteiger partial charge in [0, 0.05) is 49.1 Å². The van der Waals surface area contributed by atoms with E-state index < -0.39 is 0 Å². The number of anilines is 1. The Morgan fingerprint density at radius 1 is 1.04 bits per heavy atom. The first-order valence-corrected chi connectivity index (χ1v) is 11.0. The number of hydrogen-bond donors (Lipinski definition) is 0. The zero-order valence-electron chi connectivity index (χ0n) is 14.8. The predicted octanol–water partition coefficient (Wildman–Crippen LogP) is 4.53. The maximum absolute atomic E-state index is 5.81. The van der Waals surface area contributed by atoms with Gasteiger partial charge in [-0.05, 0) is 37.1 Å². The number of para-hydroxylation sites is 1. The average Bonchev–Trinajstić information content (AvgIpc) is 3.42. The highest BCUT2D eigenvalue weighted by Gasteiger charge is 2.22. The molecule has 5 rings (SSSR count). The number of rotatable bonds is 4. The number of fused-ring (bicyclic) bond motifs is 1. The molecule has 6 heteroatoms. The molecule has 2 aromatic heterocycles. The summed E-state index contributed by atoms with van der Waals surface area (Å²) in [5.41, 5.74) is 1.12. The monoisotopic (exact) mass is 385 g/mol. The standard InChI is InChI=1S/C20H23N3OS2/c1-2-6-18-16(4-1)21-20(26-18)23-11-9-22(10-12-23)14-15-7-8-19(25-15)17-5-3-13-24-17/h1-2,4,6-8,17H,3,5,9-14H2. The van der Waals surface area contributed by atoms with Crippen molar-refractivity contribution >= 4 is 38.0 Å². The summed E-state index contributed by atoms with van der Waals surface area (Å²) >= 11 is 3.74. The molecule has 0 radical (unpaired) electrons. The number of nitrogens with zero attached hydrogens (tertiary/aromatic N) is 3. The summed E-state index contributed by atoms with van der Waals surface area (Å²) in [6.07, 6.45) is 2.73. The van der Waals surface area contributed by atoms with Crippen molar-refractivity contribution in [3.05, 3.63) is 46.2 Å². The Hall–Kier alpha value is -1.47. The summed E-state index contributed by atoms with van der Waals surface area (Å²) in [6.45, 7) is 6.30. The van der Waals surface area contributed by atoms with Crippen LogP contribution in [0.5, 0.6) is 0 Å². The molecule has 1 atom stereocenters. The average molecular weight is 386 g/mol. The smallest absolute Gasteiger partial charge is 0.186 e. The largest absolute Gasteiger partial charge is 0.373 e. The number of benzene rings is 1. The first kappa shape index (κ1) is 16.7. The van der Waals surface area contributed by atoms with E-state index >= 15 is 0 Å². The Morgan fingerprint density at radius 3 is 2.73 bits per heavy atom. The molecule has 2 fully saturated rings. The van der Waals surface area contributed by atoms with Gasteiger partial charge in [-0.1, -0.05) is 23.5 Å². The van der Waals surface area contributed by atoms with Crippen LogP contribution >= 0.6 is 22.7 Å². The minimum absolute atomic E-state index is 0.352. The second-order valence-electron chi connectivity index (χ2n) is 7.03. The molecular weight excluding hydrogens is 362 g/mol. The quantitative estimate of drug-likeness (QED) is 0.660. The van der Waals surface area contributed by atoms with Crippen molar-refractivity contribution in [2.75, 3.05) is 37.7 Å². The fourth-order valence-electron chi connectivity index (χ4n) is 3.77. The molecule has 0 saturated carbocycles. The van der Waals surface area contributed by atoms with Crippen LogP contribution < -0.4 is 4.90 Å². The maximum atomic E-state index is 5.81. The zero-order chi connectivity index (χ0) is 17.3. The van der Waals surface area contributed by atoms with Crippen molar-refractivity contribution in [3.63, 3.8) is 0 Å². The lowest BCUT2D eigenvalue weighted by atomic mass is 10.2. The SMILES string of the molecule is c1ccc2sc(N3CCN(Cc4ccc(C5CCCO5)s4)CC3)nc2c1. The molecule has 2 saturated heterocycles. The number of ether oxygens (including phenoxy) is 1. The van der Waals surface area contributed by atoms with E-state index in [1.165, 1.54) is 32.4 Å². The Bertz CT molecular complexity index is 843. The van der Waals surface area contributed by atoms with Gasteiger partial charge < -0.3 is 9.64 Å². The van der Waals surface area contributed by atoms with Crippen LogP contribution in [0.3, 0.4) is 0 Å². The highest BCUT2D eigenvalue weighted by atomic mass is 32.1. The van der Waals surface area contributed by atoms with E-state index in [-0.39, 0.29) is 0 Å². The summed E-state index contributed by atoms with van der Waals surface area (Å²) in [5, 5.41) is 1.17. The lowest BCUT2D eigenvalue weighted by Gasteiger charge is -2.34. The molecule has 4 heterocycles. The van der Waals surface area contributed by atoms with Crippen molar-refractivity contribution in [1.29, 1.82) is 0 Å². The van der Waals surface area contributed by atoms with E-state index in [2.05, 4.69) is 46.2 Å². The van der Waals surface area contributed by atoms with Crippen molar-refractivity contribution in [2.45, 2.75) is 25.5 Å². The van der Waals surface area contributed by atoms with Gasteiger partial charge >= 0.3 is 0 Å². The van der Waals surface area contributed by atoms with Crippen LogP contribution in [0.15, 0.2) is 36.4 Å². The maximum Gasteiger partial charge on any atom is 0.186 e. The second kappa shape index (κ2) is 7.27. The topological polar surface area (TPSA) is 28.6 Å². The third-order valence-corrected chi connectivity index (χ3v) is 7.49. The fraction of sp³-hybridized carbons (Fsp3) is 0.450. The van der Waals surface area contributed by atoms with Crippen LogP contribution in [0, 0.1) is 0 Å².